The molecule has 21 heavy (non-hydrogen) atoms. The molecule has 106 valence electrons. The highest BCUT2D eigenvalue weighted by Crippen LogP contribution is 2.14. The molecule has 2 aromatic carbocycles. The zero-order valence-corrected chi connectivity index (χ0v) is 12.3. The van der Waals surface area contributed by atoms with Gasteiger partial charge in [-0.1, -0.05) is 54.1 Å². The molecule has 0 bridgehead atoms. The number of benzene rings is 2. The quantitative estimate of drug-likeness (QED) is 0.790. The van der Waals surface area contributed by atoms with Crippen LogP contribution in [0.25, 0.3) is 10.9 Å². The molecule has 1 unspecified atom stereocenters. The Labute approximate surface area is 125 Å². The number of rotatable bonds is 4. The molecular weight excluding hydrogens is 256 g/mol. The third-order valence-electron chi connectivity index (χ3n) is 3.71. The summed E-state index contributed by atoms with van der Waals surface area (Å²) in [5.41, 5.74) is 11.0. The van der Waals surface area contributed by atoms with E-state index in [2.05, 4.69) is 49.4 Å². The second kappa shape index (κ2) is 6.06. The van der Waals surface area contributed by atoms with E-state index in [4.69, 9.17) is 10.7 Å². The number of nitrogens with zero attached hydrogens (tertiary/aromatic N) is 1. The summed E-state index contributed by atoms with van der Waals surface area (Å²) in [6, 6.07) is 21.0. The lowest BCUT2D eigenvalue weighted by atomic mass is 10.0. The van der Waals surface area contributed by atoms with Gasteiger partial charge in [0.25, 0.3) is 0 Å². The van der Waals surface area contributed by atoms with E-state index in [0.717, 1.165) is 24.1 Å². The second-order valence-electron chi connectivity index (χ2n) is 5.65. The number of pyridine rings is 1. The molecule has 3 rings (SSSR count). The van der Waals surface area contributed by atoms with Gasteiger partial charge in [-0.2, -0.15) is 0 Å². The van der Waals surface area contributed by atoms with Crippen molar-refractivity contribution >= 4 is 10.9 Å². The smallest absolute Gasteiger partial charge is 0.0705 e. The lowest BCUT2D eigenvalue weighted by Crippen LogP contribution is -2.26. The van der Waals surface area contributed by atoms with Gasteiger partial charge in [0.15, 0.2) is 0 Å². The van der Waals surface area contributed by atoms with Crippen LogP contribution in [0.1, 0.15) is 16.8 Å². The molecule has 0 radical (unpaired) electrons. The Balaban J connectivity index is 1.72. The van der Waals surface area contributed by atoms with Crippen LogP contribution in [0, 0.1) is 6.92 Å². The Morgan fingerprint density at radius 3 is 2.67 bits per heavy atom. The van der Waals surface area contributed by atoms with Crippen molar-refractivity contribution in [3.8, 4) is 0 Å². The van der Waals surface area contributed by atoms with Crippen LogP contribution in [-0.2, 0) is 12.8 Å². The molecule has 0 amide bonds. The maximum Gasteiger partial charge on any atom is 0.0705 e. The molecule has 3 aromatic rings. The summed E-state index contributed by atoms with van der Waals surface area (Å²) in [6.45, 7) is 2.11. The standard InChI is InChI=1S/C19H20N2/c1-14-5-4-6-15(11-14)12-17(20)13-18-10-9-16-7-2-3-8-19(16)21-18/h2-11,17H,12-13,20H2,1H3. The minimum atomic E-state index is 0.0977. The van der Waals surface area contributed by atoms with Crippen LogP contribution in [-0.4, -0.2) is 11.0 Å². The molecule has 1 atom stereocenters. The van der Waals surface area contributed by atoms with Gasteiger partial charge < -0.3 is 5.73 Å². The zero-order chi connectivity index (χ0) is 14.7. The third-order valence-corrected chi connectivity index (χ3v) is 3.71. The van der Waals surface area contributed by atoms with Crippen molar-refractivity contribution in [3.63, 3.8) is 0 Å². The summed E-state index contributed by atoms with van der Waals surface area (Å²) in [7, 11) is 0. The molecule has 2 N–H and O–H groups in total. The van der Waals surface area contributed by atoms with Crippen molar-refractivity contribution in [1.82, 2.24) is 4.98 Å². The van der Waals surface area contributed by atoms with E-state index in [9.17, 15) is 0 Å². The van der Waals surface area contributed by atoms with Gasteiger partial charge >= 0.3 is 0 Å². The van der Waals surface area contributed by atoms with E-state index in [1.54, 1.807) is 0 Å². The van der Waals surface area contributed by atoms with Crippen molar-refractivity contribution in [2.45, 2.75) is 25.8 Å². The van der Waals surface area contributed by atoms with Gasteiger partial charge in [-0.15, -0.1) is 0 Å². The highest BCUT2D eigenvalue weighted by atomic mass is 14.7. The summed E-state index contributed by atoms with van der Waals surface area (Å²) in [5.74, 6) is 0. The van der Waals surface area contributed by atoms with Crippen LogP contribution in [0.2, 0.25) is 0 Å². The molecule has 1 heterocycles. The molecule has 0 aliphatic carbocycles. The maximum absolute atomic E-state index is 6.29. The average molecular weight is 276 g/mol. The topological polar surface area (TPSA) is 38.9 Å². The molecule has 0 saturated heterocycles. The molecule has 0 saturated carbocycles. The largest absolute Gasteiger partial charge is 0.327 e. The van der Waals surface area contributed by atoms with Crippen LogP contribution in [0.4, 0.5) is 0 Å². The van der Waals surface area contributed by atoms with Crippen molar-refractivity contribution in [2.24, 2.45) is 5.73 Å². The molecular formula is C19H20N2. The number of para-hydroxylation sites is 1. The van der Waals surface area contributed by atoms with Gasteiger partial charge in [-0.3, -0.25) is 4.98 Å². The first-order valence-corrected chi connectivity index (χ1v) is 7.36. The Kier molecular flexibility index (Phi) is 3.98. The normalized spacial score (nSPS) is 12.5. The minimum Gasteiger partial charge on any atom is -0.327 e. The highest BCUT2D eigenvalue weighted by molar-refractivity contribution is 5.78. The van der Waals surface area contributed by atoms with E-state index in [0.29, 0.717) is 0 Å². The van der Waals surface area contributed by atoms with Crippen molar-refractivity contribution in [2.75, 3.05) is 0 Å². The second-order valence-corrected chi connectivity index (χ2v) is 5.65. The van der Waals surface area contributed by atoms with Crippen LogP contribution >= 0.6 is 0 Å². The van der Waals surface area contributed by atoms with E-state index in [-0.39, 0.29) is 6.04 Å². The van der Waals surface area contributed by atoms with Crippen LogP contribution in [0.15, 0.2) is 60.7 Å². The van der Waals surface area contributed by atoms with Gasteiger partial charge in [0.05, 0.1) is 5.52 Å². The molecule has 0 aliphatic rings. The number of fused-ring (bicyclic) bond motifs is 1. The maximum atomic E-state index is 6.29. The molecule has 0 spiro atoms. The summed E-state index contributed by atoms with van der Waals surface area (Å²) < 4.78 is 0. The van der Waals surface area contributed by atoms with Crippen molar-refractivity contribution in [1.29, 1.82) is 0 Å². The summed E-state index contributed by atoms with van der Waals surface area (Å²) in [5, 5.41) is 1.17. The number of hydrogen-bond acceptors (Lipinski definition) is 2. The van der Waals surface area contributed by atoms with Crippen LogP contribution in [0.5, 0.6) is 0 Å². The first-order chi connectivity index (χ1) is 10.2. The molecule has 0 aliphatic heterocycles. The van der Waals surface area contributed by atoms with Crippen LogP contribution < -0.4 is 5.73 Å². The third kappa shape index (κ3) is 3.47. The fourth-order valence-electron chi connectivity index (χ4n) is 2.70. The molecule has 0 fully saturated rings. The van der Waals surface area contributed by atoms with Gasteiger partial charge in [-0.25, -0.2) is 0 Å². The van der Waals surface area contributed by atoms with Crippen molar-refractivity contribution in [3.05, 3.63) is 77.5 Å². The zero-order valence-electron chi connectivity index (χ0n) is 12.3. The number of aryl methyl sites for hydroxylation is 1. The van der Waals surface area contributed by atoms with E-state index in [1.807, 2.05) is 18.2 Å². The fourth-order valence-corrected chi connectivity index (χ4v) is 2.70. The predicted molar refractivity (Wildman–Crippen MR) is 88.3 cm³/mol. The van der Waals surface area contributed by atoms with E-state index >= 15 is 0 Å². The Hall–Kier alpha value is -2.19. The first-order valence-electron chi connectivity index (χ1n) is 7.36. The highest BCUT2D eigenvalue weighted by Gasteiger charge is 2.07. The number of nitrogens with two attached hydrogens (primary N) is 1. The van der Waals surface area contributed by atoms with Gasteiger partial charge in [-0.05, 0) is 31.0 Å². The van der Waals surface area contributed by atoms with E-state index in [1.165, 1.54) is 16.5 Å². The summed E-state index contributed by atoms with van der Waals surface area (Å²) in [4.78, 5) is 4.69. The average Bonchev–Trinajstić information content (AvgIpc) is 2.47. The Bertz CT molecular complexity index is 749. The summed E-state index contributed by atoms with van der Waals surface area (Å²) >= 11 is 0. The molecule has 2 heteroatoms. The molecule has 1 aromatic heterocycles. The predicted octanol–water partition coefficient (Wildman–Crippen LogP) is 3.66. The van der Waals surface area contributed by atoms with E-state index < -0.39 is 0 Å². The van der Waals surface area contributed by atoms with Gasteiger partial charge in [0.1, 0.15) is 0 Å². The van der Waals surface area contributed by atoms with Gasteiger partial charge in [0.2, 0.25) is 0 Å². The van der Waals surface area contributed by atoms with Crippen LogP contribution in [0.3, 0.4) is 0 Å². The summed E-state index contributed by atoms with van der Waals surface area (Å²) in [6.07, 6.45) is 1.69. The number of hydrogen-bond donors (Lipinski definition) is 1. The minimum absolute atomic E-state index is 0.0977. The van der Waals surface area contributed by atoms with Gasteiger partial charge in [0, 0.05) is 23.5 Å². The first kappa shape index (κ1) is 13.8. The Morgan fingerprint density at radius 2 is 1.81 bits per heavy atom. The lowest BCUT2D eigenvalue weighted by Gasteiger charge is -2.12. The lowest BCUT2D eigenvalue weighted by molar-refractivity contribution is 0.655. The number of aromatic nitrogens is 1. The molecule has 2 nitrogen and oxygen atoms in total. The monoisotopic (exact) mass is 276 g/mol. The van der Waals surface area contributed by atoms with Crippen molar-refractivity contribution < 1.29 is 0 Å². The fraction of sp³-hybridized carbons (Fsp3) is 0.211. The Morgan fingerprint density at radius 1 is 0.952 bits per heavy atom. The SMILES string of the molecule is Cc1cccc(CC(N)Cc2ccc3ccccc3n2)c1.